The van der Waals surface area contributed by atoms with Crippen LogP contribution in [0.15, 0.2) is 27.2 Å². The van der Waals surface area contributed by atoms with Gasteiger partial charge in [-0.1, -0.05) is 19.0 Å². The van der Waals surface area contributed by atoms with Crippen molar-refractivity contribution in [1.82, 2.24) is 10.1 Å². The Bertz CT molecular complexity index is 625. The summed E-state index contributed by atoms with van der Waals surface area (Å²) in [6, 6.07) is 4.73. The van der Waals surface area contributed by atoms with Gasteiger partial charge in [-0.2, -0.15) is 4.98 Å². The fourth-order valence-electron chi connectivity index (χ4n) is 1.47. The number of hydrogen-bond donors (Lipinski definition) is 1. The van der Waals surface area contributed by atoms with Crippen LogP contribution in [0.3, 0.4) is 0 Å². The number of nitrogens with zero attached hydrogens (tertiary/aromatic N) is 2. The highest BCUT2D eigenvalue weighted by Crippen LogP contribution is 2.23. The summed E-state index contributed by atoms with van der Waals surface area (Å²) < 4.78 is 11.0. The van der Waals surface area contributed by atoms with Gasteiger partial charge in [0, 0.05) is 10.4 Å². The second-order valence-corrected chi connectivity index (χ2v) is 5.29. The molecule has 0 aliphatic heterocycles. The van der Waals surface area contributed by atoms with Gasteiger partial charge < -0.3 is 14.4 Å². The molecule has 1 aromatic heterocycles. The van der Waals surface area contributed by atoms with Crippen molar-refractivity contribution in [3.05, 3.63) is 40.0 Å². The summed E-state index contributed by atoms with van der Waals surface area (Å²) in [5.74, 6) is 0.534. The first-order valence-corrected chi connectivity index (χ1v) is 6.74. The average molecular weight is 341 g/mol. The molecule has 6 nitrogen and oxygen atoms in total. The summed E-state index contributed by atoms with van der Waals surface area (Å²) in [5, 5.41) is 12.8. The van der Waals surface area contributed by atoms with Gasteiger partial charge in [0.15, 0.2) is 6.61 Å². The fourth-order valence-corrected chi connectivity index (χ4v) is 1.88. The molecule has 20 heavy (non-hydrogen) atoms. The van der Waals surface area contributed by atoms with E-state index in [2.05, 4.69) is 26.1 Å². The molecule has 0 atom stereocenters. The average Bonchev–Trinajstić information content (AvgIpc) is 2.86. The number of carbonyl (C=O) groups is 1. The molecule has 7 heteroatoms. The molecule has 0 fully saturated rings. The maximum absolute atomic E-state index is 11.0. The van der Waals surface area contributed by atoms with Gasteiger partial charge in [-0.3, -0.25) is 0 Å². The lowest BCUT2D eigenvalue weighted by molar-refractivity contribution is 0.0695. The molecule has 2 rings (SSSR count). The van der Waals surface area contributed by atoms with Crippen LogP contribution in [0.2, 0.25) is 0 Å². The van der Waals surface area contributed by atoms with Gasteiger partial charge in [0.2, 0.25) is 11.7 Å². The highest BCUT2D eigenvalue weighted by atomic mass is 79.9. The standard InChI is InChI=1S/C13H13BrN2O4/c1-7(2)12-15-11(16-20-12)6-19-8-3-4-10(14)9(5-8)13(17)18/h3-5,7H,6H2,1-2H3,(H,17,18). The number of hydrogen-bond acceptors (Lipinski definition) is 5. The van der Waals surface area contributed by atoms with Crippen molar-refractivity contribution in [3.63, 3.8) is 0 Å². The molecule has 2 aromatic rings. The molecule has 0 radical (unpaired) electrons. The van der Waals surface area contributed by atoms with E-state index in [1.807, 2.05) is 13.8 Å². The Labute approximate surface area is 123 Å². The third kappa shape index (κ3) is 3.36. The molecule has 0 spiro atoms. The minimum atomic E-state index is -1.02. The van der Waals surface area contributed by atoms with E-state index in [-0.39, 0.29) is 18.1 Å². The van der Waals surface area contributed by atoms with Crippen molar-refractivity contribution in [1.29, 1.82) is 0 Å². The number of aromatic nitrogens is 2. The smallest absolute Gasteiger partial charge is 0.336 e. The molecule has 106 valence electrons. The Hall–Kier alpha value is -1.89. The highest BCUT2D eigenvalue weighted by Gasteiger charge is 2.12. The predicted molar refractivity (Wildman–Crippen MR) is 73.8 cm³/mol. The monoisotopic (exact) mass is 340 g/mol. The Morgan fingerprint density at radius 2 is 2.25 bits per heavy atom. The van der Waals surface area contributed by atoms with Crippen LogP contribution in [-0.2, 0) is 6.61 Å². The lowest BCUT2D eigenvalue weighted by Crippen LogP contribution is -2.01. The Balaban J connectivity index is 2.06. The van der Waals surface area contributed by atoms with Gasteiger partial charge in [0.05, 0.1) is 5.56 Å². The number of halogens is 1. The third-order valence-electron chi connectivity index (χ3n) is 2.51. The van der Waals surface area contributed by atoms with Gasteiger partial charge >= 0.3 is 5.97 Å². The molecule has 0 aliphatic rings. The first kappa shape index (κ1) is 14.5. The van der Waals surface area contributed by atoms with Crippen molar-refractivity contribution < 1.29 is 19.2 Å². The van der Waals surface area contributed by atoms with Gasteiger partial charge in [0.25, 0.3) is 0 Å². The number of carboxylic acids is 1. The van der Waals surface area contributed by atoms with Gasteiger partial charge in [0.1, 0.15) is 5.75 Å². The molecule has 1 aromatic carbocycles. The van der Waals surface area contributed by atoms with Crippen LogP contribution in [0.4, 0.5) is 0 Å². The van der Waals surface area contributed by atoms with E-state index in [0.717, 1.165) is 0 Å². The van der Waals surface area contributed by atoms with Crippen LogP contribution in [0.25, 0.3) is 0 Å². The lowest BCUT2D eigenvalue weighted by Gasteiger charge is -2.05. The molecule has 0 saturated heterocycles. The summed E-state index contributed by atoms with van der Waals surface area (Å²) in [5.41, 5.74) is 0.137. The molecular weight excluding hydrogens is 328 g/mol. The molecule has 1 N–H and O–H groups in total. The zero-order valence-electron chi connectivity index (χ0n) is 11.0. The fraction of sp³-hybridized carbons (Fsp3) is 0.308. The Kier molecular flexibility index (Phi) is 4.39. The molecular formula is C13H13BrN2O4. The Morgan fingerprint density at radius 3 is 2.85 bits per heavy atom. The second-order valence-electron chi connectivity index (χ2n) is 4.44. The van der Waals surface area contributed by atoms with E-state index >= 15 is 0 Å². The van der Waals surface area contributed by atoms with Crippen molar-refractivity contribution in [2.75, 3.05) is 0 Å². The molecule has 0 saturated carbocycles. The van der Waals surface area contributed by atoms with Crippen LogP contribution in [-0.4, -0.2) is 21.2 Å². The van der Waals surface area contributed by atoms with Gasteiger partial charge in [-0.15, -0.1) is 0 Å². The van der Waals surface area contributed by atoms with Crippen LogP contribution >= 0.6 is 15.9 Å². The van der Waals surface area contributed by atoms with Gasteiger partial charge in [-0.05, 0) is 34.1 Å². The van der Waals surface area contributed by atoms with Crippen LogP contribution in [0.5, 0.6) is 5.75 Å². The lowest BCUT2D eigenvalue weighted by atomic mass is 10.2. The Morgan fingerprint density at radius 1 is 1.50 bits per heavy atom. The van der Waals surface area contributed by atoms with Crippen LogP contribution < -0.4 is 4.74 Å². The molecule has 0 bridgehead atoms. The zero-order chi connectivity index (χ0) is 14.7. The zero-order valence-corrected chi connectivity index (χ0v) is 12.5. The molecule has 1 heterocycles. The number of benzene rings is 1. The quantitative estimate of drug-likeness (QED) is 0.899. The summed E-state index contributed by atoms with van der Waals surface area (Å²) in [6.45, 7) is 4.02. The highest BCUT2D eigenvalue weighted by molar-refractivity contribution is 9.10. The van der Waals surface area contributed by atoms with Crippen molar-refractivity contribution in [3.8, 4) is 5.75 Å². The van der Waals surface area contributed by atoms with Crippen molar-refractivity contribution in [2.24, 2.45) is 0 Å². The topological polar surface area (TPSA) is 85.5 Å². The maximum Gasteiger partial charge on any atom is 0.336 e. The number of aromatic carboxylic acids is 1. The number of rotatable bonds is 5. The van der Waals surface area contributed by atoms with E-state index in [1.165, 1.54) is 6.07 Å². The van der Waals surface area contributed by atoms with Crippen LogP contribution in [0.1, 0.15) is 41.8 Å². The predicted octanol–water partition coefficient (Wildman–Crippen LogP) is 3.23. The summed E-state index contributed by atoms with van der Waals surface area (Å²) in [7, 11) is 0. The van der Waals surface area contributed by atoms with Crippen molar-refractivity contribution in [2.45, 2.75) is 26.4 Å². The first-order chi connectivity index (χ1) is 9.47. The minimum absolute atomic E-state index is 0.122. The van der Waals surface area contributed by atoms with E-state index in [9.17, 15) is 4.79 Å². The molecule has 0 unspecified atom stereocenters. The summed E-state index contributed by atoms with van der Waals surface area (Å²) in [6.07, 6.45) is 0. The normalized spacial score (nSPS) is 10.8. The maximum atomic E-state index is 11.0. The SMILES string of the molecule is CC(C)c1nc(COc2ccc(Br)c(C(=O)O)c2)no1. The van der Waals surface area contributed by atoms with E-state index in [4.69, 9.17) is 14.4 Å². The van der Waals surface area contributed by atoms with Gasteiger partial charge in [-0.25, -0.2) is 4.79 Å². The minimum Gasteiger partial charge on any atom is -0.485 e. The van der Waals surface area contributed by atoms with Crippen LogP contribution in [0, 0.1) is 0 Å². The van der Waals surface area contributed by atoms with E-state index in [0.29, 0.717) is 21.9 Å². The molecule has 0 aliphatic carbocycles. The number of carboxylic acid groups (broad SMARTS) is 1. The molecule has 0 amide bonds. The van der Waals surface area contributed by atoms with E-state index in [1.54, 1.807) is 12.1 Å². The second kappa shape index (κ2) is 6.04. The largest absolute Gasteiger partial charge is 0.485 e. The summed E-state index contributed by atoms with van der Waals surface area (Å²) in [4.78, 5) is 15.2. The van der Waals surface area contributed by atoms with Crippen molar-refractivity contribution >= 4 is 21.9 Å². The van der Waals surface area contributed by atoms with E-state index < -0.39 is 5.97 Å². The number of ether oxygens (including phenoxy) is 1. The summed E-state index contributed by atoms with van der Waals surface area (Å²) >= 11 is 3.17. The third-order valence-corrected chi connectivity index (χ3v) is 3.21. The first-order valence-electron chi connectivity index (χ1n) is 5.95.